The molecule has 0 heteroatoms. The van der Waals surface area contributed by atoms with Crippen LogP contribution in [0.2, 0.25) is 0 Å². The summed E-state index contributed by atoms with van der Waals surface area (Å²) in [7, 11) is 0. The lowest BCUT2D eigenvalue weighted by molar-refractivity contribution is 1.70. The summed E-state index contributed by atoms with van der Waals surface area (Å²) in [6.07, 6.45) is 7.63. The predicted molar refractivity (Wildman–Crippen MR) is 119 cm³/mol. The van der Waals surface area contributed by atoms with Gasteiger partial charge < -0.3 is 0 Å². The van der Waals surface area contributed by atoms with Crippen molar-refractivity contribution in [3.05, 3.63) is 97.1 Å². The van der Waals surface area contributed by atoms with E-state index in [4.69, 9.17) is 0 Å². The van der Waals surface area contributed by atoms with Gasteiger partial charge in [-0.1, -0.05) is 74.9 Å². The second kappa shape index (κ2) is 6.16. The molecule has 0 aromatic heterocycles. The average molecular weight is 332 g/mol. The number of hydrogen-bond acceptors (Lipinski definition) is 0. The monoisotopic (exact) mass is 332 g/mol. The molecule has 26 heavy (non-hydrogen) atoms. The molecule has 4 aromatic carbocycles. The molecule has 0 unspecified atom stereocenters. The van der Waals surface area contributed by atoms with E-state index >= 15 is 0 Å². The molecule has 4 aromatic rings. The van der Waals surface area contributed by atoms with Gasteiger partial charge in [0.1, 0.15) is 0 Å². The fraction of sp³-hybridized carbons (Fsp3) is 0. The van der Waals surface area contributed by atoms with E-state index in [2.05, 4.69) is 74.8 Å². The third-order valence-electron chi connectivity index (χ3n) is 5.09. The standard InChI is InChI=1S/C26H20/c1-5-17-9-11-21-19(7-3)16-26-24-14-18(6-2)10-12-22(24)20(8-4)15-25(26)23(21)13-17/h5-16H,1-4H2. The molecule has 0 amide bonds. The quantitative estimate of drug-likeness (QED) is 0.336. The fourth-order valence-corrected chi connectivity index (χ4v) is 3.73. The Hall–Kier alpha value is -3.38. The Balaban J connectivity index is 2.32. The Labute approximate surface area is 154 Å². The summed E-state index contributed by atoms with van der Waals surface area (Å²) in [5.74, 6) is 0. The molecule has 0 fully saturated rings. The molecule has 0 aliphatic carbocycles. The Morgan fingerprint density at radius 1 is 0.423 bits per heavy atom. The molecule has 124 valence electrons. The summed E-state index contributed by atoms with van der Waals surface area (Å²) in [6.45, 7) is 15.9. The summed E-state index contributed by atoms with van der Waals surface area (Å²) in [5, 5.41) is 7.27. The summed E-state index contributed by atoms with van der Waals surface area (Å²) < 4.78 is 0. The van der Waals surface area contributed by atoms with Crippen molar-refractivity contribution in [1.29, 1.82) is 0 Å². The molecule has 0 nitrogen and oxygen atoms in total. The van der Waals surface area contributed by atoms with Gasteiger partial charge in [0.2, 0.25) is 0 Å². The minimum absolute atomic E-state index is 1.11. The Morgan fingerprint density at radius 2 is 0.808 bits per heavy atom. The van der Waals surface area contributed by atoms with E-state index in [1.54, 1.807) is 0 Å². The molecular weight excluding hydrogens is 312 g/mol. The van der Waals surface area contributed by atoms with E-state index in [9.17, 15) is 0 Å². The molecule has 0 N–H and O–H groups in total. The topological polar surface area (TPSA) is 0 Å². The third-order valence-corrected chi connectivity index (χ3v) is 5.09. The highest BCUT2D eigenvalue weighted by Gasteiger charge is 2.11. The van der Waals surface area contributed by atoms with Crippen LogP contribution in [0.4, 0.5) is 0 Å². The van der Waals surface area contributed by atoms with Crippen LogP contribution in [-0.2, 0) is 0 Å². The van der Waals surface area contributed by atoms with Crippen molar-refractivity contribution < 1.29 is 0 Å². The van der Waals surface area contributed by atoms with Crippen molar-refractivity contribution in [2.45, 2.75) is 0 Å². The van der Waals surface area contributed by atoms with Gasteiger partial charge in [-0.2, -0.15) is 0 Å². The molecule has 0 saturated carbocycles. The molecule has 0 heterocycles. The number of hydrogen-bond donors (Lipinski definition) is 0. The molecule has 0 spiro atoms. The highest BCUT2D eigenvalue weighted by molar-refractivity contribution is 6.21. The zero-order chi connectivity index (χ0) is 18.3. The van der Waals surface area contributed by atoms with Gasteiger partial charge in [-0.05, 0) is 78.8 Å². The van der Waals surface area contributed by atoms with E-state index < -0.39 is 0 Å². The van der Waals surface area contributed by atoms with E-state index in [1.165, 1.54) is 32.3 Å². The predicted octanol–water partition coefficient (Wildman–Crippen LogP) is 7.72. The first-order valence-electron chi connectivity index (χ1n) is 8.67. The highest BCUT2D eigenvalue weighted by atomic mass is 14.1. The number of benzene rings is 4. The number of fused-ring (bicyclic) bond motifs is 5. The second-order valence-electron chi connectivity index (χ2n) is 6.45. The lowest BCUT2D eigenvalue weighted by atomic mass is 9.90. The van der Waals surface area contributed by atoms with Crippen molar-refractivity contribution >= 4 is 56.6 Å². The molecule has 0 bridgehead atoms. The normalized spacial score (nSPS) is 10.9. The van der Waals surface area contributed by atoms with E-state index in [0.717, 1.165) is 22.3 Å². The molecular formula is C26H20. The number of rotatable bonds is 4. The smallest absolute Gasteiger partial charge is 0.00923 e. The summed E-state index contributed by atoms with van der Waals surface area (Å²) in [5.41, 5.74) is 4.50. The van der Waals surface area contributed by atoms with Crippen LogP contribution in [0.1, 0.15) is 22.3 Å². The fourth-order valence-electron chi connectivity index (χ4n) is 3.73. The van der Waals surface area contributed by atoms with Gasteiger partial charge in [-0.3, -0.25) is 0 Å². The van der Waals surface area contributed by atoms with Gasteiger partial charge in [0.05, 0.1) is 0 Å². The average Bonchev–Trinajstić information content (AvgIpc) is 2.71. The molecule has 0 radical (unpaired) electrons. The summed E-state index contributed by atoms with van der Waals surface area (Å²) >= 11 is 0. The molecule has 0 aliphatic heterocycles. The molecule has 0 atom stereocenters. The van der Waals surface area contributed by atoms with Crippen LogP contribution in [-0.4, -0.2) is 0 Å². The maximum absolute atomic E-state index is 4.03. The van der Waals surface area contributed by atoms with Crippen LogP contribution < -0.4 is 0 Å². The maximum Gasteiger partial charge on any atom is -0.00923 e. The lowest BCUT2D eigenvalue weighted by Gasteiger charge is -2.14. The zero-order valence-electron chi connectivity index (χ0n) is 14.8. The first-order valence-corrected chi connectivity index (χ1v) is 8.67. The van der Waals surface area contributed by atoms with Gasteiger partial charge in [0.25, 0.3) is 0 Å². The van der Waals surface area contributed by atoms with Crippen LogP contribution in [0.3, 0.4) is 0 Å². The van der Waals surface area contributed by atoms with Crippen molar-refractivity contribution in [1.82, 2.24) is 0 Å². The zero-order valence-corrected chi connectivity index (χ0v) is 14.8. The van der Waals surface area contributed by atoms with Crippen LogP contribution in [0.15, 0.2) is 74.8 Å². The minimum atomic E-state index is 1.11. The summed E-state index contributed by atoms with van der Waals surface area (Å²) in [4.78, 5) is 0. The maximum atomic E-state index is 4.03. The van der Waals surface area contributed by atoms with Crippen LogP contribution in [0.25, 0.3) is 56.6 Å². The van der Waals surface area contributed by atoms with Crippen molar-refractivity contribution in [3.63, 3.8) is 0 Å². The Kier molecular flexibility index (Phi) is 3.82. The molecule has 4 rings (SSSR count). The van der Waals surface area contributed by atoms with Crippen molar-refractivity contribution in [2.24, 2.45) is 0 Å². The summed E-state index contributed by atoms with van der Waals surface area (Å²) in [6, 6.07) is 17.4. The van der Waals surface area contributed by atoms with Gasteiger partial charge in [0.15, 0.2) is 0 Å². The Morgan fingerprint density at radius 3 is 1.15 bits per heavy atom. The van der Waals surface area contributed by atoms with Gasteiger partial charge in [-0.15, -0.1) is 0 Å². The molecule has 0 aliphatic rings. The largest absolute Gasteiger partial charge is 0.0985 e. The van der Waals surface area contributed by atoms with Crippen molar-refractivity contribution in [2.75, 3.05) is 0 Å². The SMILES string of the molecule is C=Cc1ccc2c(C=C)cc3c4cc(C=C)ccc4c(C=C)cc3c2c1. The van der Waals surface area contributed by atoms with E-state index in [1.807, 2.05) is 24.3 Å². The van der Waals surface area contributed by atoms with Gasteiger partial charge in [-0.25, -0.2) is 0 Å². The van der Waals surface area contributed by atoms with Crippen LogP contribution in [0, 0.1) is 0 Å². The van der Waals surface area contributed by atoms with E-state index in [-0.39, 0.29) is 0 Å². The first kappa shape index (κ1) is 16.1. The highest BCUT2D eigenvalue weighted by Crippen LogP contribution is 2.37. The first-order chi connectivity index (χ1) is 12.7. The Bertz CT molecular complexity index is 1140. The van der Waals surface area contributed by atoms with Crippen molar-refractivity contribution in [3.8, 4) is 0 Å². The molecule has 0 saturated heterocycles. The van der Waals surface area contributed by atoms with Gasteiger partial charge in [0, 0.05) is 0 Å². The van der Waals surface area contributed by atoms with Crippen LogP contribution >= 0.6 is 0 Å². The van der Waals surface area contributed by atoms with Gasteiger partial charge >= 0.3 is 0 Å². The van der Waals surface area contributed by atoms with Crippen LogP contribution in [0.5, 0.6) is 0 Å². The van der Waals surface area contributed by atoms with E-state index in [0.29, 0.717) is 0 Å². The minimum Gasteiger partial charge on any atom is -0.0985 e. The second-order valence-corrected chi connectivity index (χ2v) is 6.45. The lowest BCUT2D eigenvalue weighted by Crippen LogP contribution is -1.88. The third kappa shape index (κ3) is 2.31.